The zero-order chi connectivity index (χ0) is 12.4. The Labute approximate surface area is 108 Å². The smallest absolute Gasteiger partial charge is 0.169 e. The quantitative estimate of drug-likeness (QED) is 0.888. The SMILES string of the molecule is O=C1CCOc2cc(NCC3CCCC3)ccc21. The number of fused-ring (bicyclic) bond motifs is 1. The number of carbonyl (C=O) groups excluding carboxylic acids is 1. The van der Waals surface area contributed by atoms with Gasteiger partial charge in [0.1, 0.15) is 5.75 Å². The third-order valence-electron chi connectivity index (χ3n) is 3.94. The Morgan fingerprint density at radius 1 is 1.28 bits per heavy atom. The van der Waals surface area contributed by atoms with Crippen LogP contribution in [0.1, 0.15) is 42.5 Å². The van der Waals surface area contributed by atoms with Crippen molar-refractivity contribution < 1.29 is 9.53 Å². The summed E-state index contributed by atoms with van der Waals surface area (Å²) in [6.45, 7) is 1.55. The highest BCUT2D eigenvalue weighted by atomic mass is 16.5. The molecule has 0 unspecified atom stereocenters. The zero-order valence-electron chi connectivity index (χ0n) is 10.6. The fourth-order valence-corrected chi connectivity index (χ4v) is 2.85. The Morgan fingerprint density at radius 2 is 2.11 bits per heavy atom. The van der Waals surface area contributed by atoms with Gasteiger partial charge >= 0.3 is 0 Å². The number of hydrogen-bond donors (Lipinski definition) is 1. The third kappa shape index (κ3) is 2.35. The van der Waals surface area contributed by atoms with E-state index in [0.717, 1.165) is 29.5 Å². The summed E-state index contributed by atoms with van der Waals surface area (Å²) in [7, 11) is 0. The first kappa shape index (κ1) is 11.6. The molecule has 3 nitrogen and oxygen atoms in total. The van der Waals surface area contributed by atoms with Crippen LogP contribution in [0.25, 0.3) is 0 Å². The summed E-state index contributed by atoms with van der Waals surface area (Å²) < 4.78 is 5.55. The largest absolute Gasteiger partial charge is 0.492 e. The fourth-order valence-electron chi connectivity index (χ4n) is 2.85. The van der Waals surface area contributed by atoms with Gasteiger partial charge in [-0.15, -0.1) is 0 Å². The van der Waals surface area contributed by atoms with E-state index in [4.69, 9.17) is 4.74 Å². The lowest BCUT2D eigenvalue weighted by molar-refractivity contribution is 0.0933. The fraction of sp³-hybridized carbons (Fsp3) is 0.533. The number of hydrogen-bond acceptors (Lipinski definition) is 3. The van der Waals surface area contributed by atoms with Gasteiger partial charge in [0, 0.05) is 24.7 Å². The van der Waals surface area contributed by atoms with Crippen molar-refractivity contribution in [2.75, 3.05) is 18.5 Å². The lowest BCUT2D eigenvalue weighted by atomic mass is 10.0. The molecule has 2 aliphatic rings. The average molecular weight is 245 g/mol. The molecule has 1 aliphatic heterocycles. The summed E-state index contributed by atoms with van der Waals surface area (Å²) in [5, 5.41) is 3.46. The molecule has 0 amide bonds. The number of carbonyl (C=O) groups is 1. The maximum Gasteiger partial charge on any atom is 0.169 e. The normalized spacial score (nSPS) is 19.4. The predicted molar refractivity (Wildman–Crippen MR) is 71.3 cm³/mol. The highest BCUT2D eigenvalue weighted by Gasteiger charge is 2.19. The van der Waals surface area contributed by atoms with E-state index >= 15 is 0 Å². The topological polar surface area (TPSA) is 38.3 Å². The van der Waals surface area contributed by atoms with Gasteiger partial charge in [0.2, 0.25) is 0 Å². The van der Waals surface area contributed by atoms with Crippen molar-refractivity contribution in [3.05, 3.63) is 23.8 Å². The van der Waals surface area contributed by atoms with Crippen molar-refractivity contribution in [3.63, 3.8) is 0 Å². The van der Waals surface area contributed by atoms with E-state index < -0.39 is 0 Å². The first-order valence-electron chi connectivity index (χ1n) is 6.87. The molecule has 1 aromatic rings. The van der Waals surface area contributed by atoms with Crippen LogP contribution >= 0.6 is 0 Å². The molecule has 1 N–H and O–H groups in total. The van der Waals surface area contributed by atoms with Gasteiger partial charge in [0.25, 0.3) is 0 Å². The maximum atomic E-state index is 11.7. The predicted octanol–water partition coefficient (Wildman–Crippen LogP) is 3.25. The van der Waals surface area contributed by atoms with E-state index in [2.05, 4.69) is 5.32 Å². The van der Waals surface area contributed by atoms with Crippen molar-refractivity contribution >= 4 is 11.5 Å². The molecule has 0 spiro atoms. The molecule has 3 heteroatoms. The lowest BCUT2D eigenvalue weighted by Crippen LogP contribution is -2.16. The second kappa shape index (κ2) is 5.01. The second-order valence-corrected chi connectivity index (χ2v) is 5.26. The number of benzene rings is 1. The number of rotatable bonds is 3. The molecular weight excluding hydrogens is 226 g/mol. The van der Waals surface area contributed by atoms with Crippen LogP contribution in [-0.2, 0) is 0 Å². The second-order valence-electron chi connectivity index (χ2n) is 5.26. The lowest BCUT2D eigenvalue weighted by Gasteiger charge is -2.18. The summed E-state index contributed by atoms with van der Waals surface area (Å²) in [6.07, 6.45) is 5.92. The van der Waals surface area contributed by atoms with Crippen LogP contribution in [0, 0.1) is 5.92 Å². The molecule has 0 bridgehead atoms. The molecule has 96 valence electrons. The minimum atomic E-state index is 0.193. The molecule has 0 saturated heterocycles. The number of ketones is 1. The van der Waals surface area contributed by atoms with Crippen LogP contribution in [0.4, 0.5) is 5.69 Å². The maximum absolute atomic E-state index is 11.7. The Balaban J connectivity index is 1.67. The molecule has 18 heavy (non-hydrogen) atoms. The van der Waals surface area contributed by atoms with Gasteiger partial charge < -0.3 is 10.1 Å². The van der Waals surface area contributed by atoms with Crippen LogP contribution in [0.5, 0.6) is 5.75 Å². The molecule has 1 fully saturated rings. The monoisotopic (exact) mass is 245 g/mol. The van der Waals surface area contributed by atoms with Crippen molar-refractivity contribution in [3.8, 4) is 5.75 Å². The van der Waals surface area contributed by atoms with Crippen molar-refractivity contribution in [2.24, 2.45) is 5.92 Å². The van der Waals surface area contributed by atoms with Gasteiger partial charge in [-0.2, -0.15) is 0 Å². The summed E-state index contributed by atoms with van der Waals surface area (Å²) in [4.78, 5) is 11.7. The minimum Gasteiger partial charge on any atom is -0.492 e. The van der Waals surface area contributed by atoms with Crippen molar-refractivity contribution in [1.29, 1.82) is 0 Å². The van der Waals surface area contributed by atoms with Gasteiger partial charge in [-0.25, -0.2) is 0 Å². The van der Waals surface area contributed by atoms with Crippen LogP contribution in [-0.4, -0.2) is 18.9 Å². The first-order valence-corrected chi connectivity index (χ1v) is 6.87. The number of nitrogens with one attached hydrogen (secondary N) is 1. The Kier molecular flexibility index (Phi) is 3.22. The van der Waals surface area contributed by atoms with Gasteiger partial charge in [0.05, 0.1) is 12.2 Å². The van der Waals surface area contributed by atoms with Gasteiger partial charge in [-0.05, 0) is 30.9 Å². The number of ether oxygens (including phenoxy) is 1. The highest BCUT2D eigenvalue weighted by molar-refractivity contribution is 6.00. The van der Waals surface area contributed by atoms with Crippen LogP contribution in [0.2, 0.25) is 0 Å². The molecule has 0 atom stereocenters. The van der Waals surface area contributed by atoms with E-state index in [-0.39, 0.29) is 5.78 Å². The summed E-state index contributed by atoms with van der Waals surface area (Å²) in [6, 6.07) is 5.83. The zero-order valence-corrected chi connectivity index (χ0v) is 10.6. The minimum absolute atomic E-state index is 0.193. The molecular formula is C15H19NO2. The van der Waals surface area contributed by atoms with Crippen molar-refractivity contribution in [2.45, 2.75) is 32.1 Å². The van der Waals surface area contributed by atoms with E-state index in [9.17, 15) is 4.79 Å². The molecule has 3 rings (SSSR count). The Bertz CT molecular complexity index is 450. The van der Waals surface area contributed by atoms with Crippen molar-refractivity contribution in [1.82, 2.24) is 0 Å². The molecule has 1 heterocycles. The molecule has 1 aliphatic carbocycles. The summed E-state index contributed by atoms with van der Waals surface area (Å²) in [5.74, 6) is 1.74. The number of anilines is 1. The van der Waals surface area contributed by atoms with E-state index in [1.165, 1.54) is 25.7 Å². The molecule has 0 radical (unpaired) electrons. The average Bonchev–Trinajstić information content (AvgIpc) is 2.90. The standard InChI is InChI=1S/C15H19NO2/c17-14-7-8-18-15-9-12(5-6-13(14)15)16-10-11-3-1-2-4-11/h5-6,9,11,16H,1-4,7-8,10H2. The Morgan fingerprint density at radius 3 is 2.94 bits per heavy atom. The Hall–Kier alpha value is -1.51. The molecule has 0 aromatic heterocycles. The molecule has 1 aromatic carbocycles. The van der Waals surface area contributed by atoms with E-state index in [0.29, 0.717) is 13.0 Å². The number of Topliss-reactive ketones (excluding diaryl/α,β-unsaturated/α-hetero) is 1. The van der Waals surface area contributed by atoms with Gasteiger partial charge in [-0.1, -0.05) is 12.8 Å². The van der Waals surface area contributed by atoms with Crippen LogP contribution in [0.3, 0.4) is 0 Å². The van der Waals surface area contributed by atoms with Gasteiger partial charge in [0.15, 0.2) is 5.78 Å². The molecule has 1 saturated carbocycles. The van der Waals surface area contributed by atoms with Crippen LogP contribution < -0.4 is 10.1 Å². The third-order valence-corrected chi connectivity index (χ3v) is 3.94. The van der Waals surface area contributed by atoms with Gasteiger partial charge in [-0.3, -0.25) is 4.79 Å². The van der Waals surface area contributed by atoms with E-state index in [1.807, 2.05) is 18.2 Å². The highest BCUT2D eigenvalue weighted by Crippen LogP contribution is 2.29. The summed E-state index contributed by atoms with van der Waals surface area (Å²) in [5.41, 5.74) is 1.79. The summed E-state index contributed by atoms with van der Waals surface area (Å²) >= 11 is 0. The van der Waals surface area contributed by atoms with Crippen LogP contribution in [0.15, 0.2) is 18.2 Å². The first-order chi connectivity index (χ1) is 8.83. The van der Waals surface area contributed by atoms with E-state index in [1.54, 1.807) is 0 Å².